The zero-order chi connectivity index (χ0) is 16.3. The lowest BCUT2D eigenvalue weighted by Crippen LogP contribution is -2.11. The van der Waals surface area contributed by atoms with Crippen molar-refractivity contribution in [3.8, 4) is 0 Å². The van der Waals surface area contributed by atoms with Crippen molar-refractivity contribution in [2.75, 3.05) is 28.3 Å². The molecular weight excluding hydrogens is 288 g/mol. The summed E-state index contributed by atoms with van der Waals surface area (Å²) in [6.45, 7) is 0. The van der Waals surface area contributed by atoms with E-state index in [0.717, 1.165) is 0 Å². The van der Waals surface area contributed by atoms with Crippen LogP contribution in [0.1, 0.15) is 26.4 Å². The van der Waals surface area contributed by atoms with Gasteiger partial charge in [0, 0.05) is 26.5 Å². The third-order valence-corrected chi connectivity index (χ3v) is 2.91. The van der Waals surface area contributed by atoms with Gasteiger partial charge < -0.3 is 14.4 Å². The lowest BCUT2D eigenvalue weighted by atomic mass is 10.2. The van der Waals surface area contributed by atoms with Crippen LogP contribution in [-0.2, 0) is 9.47 Å². The van der Waals surface area contributed by atoms with Crippen LogP contribution in [0.25, 0.3) is 11.7 Å². The third-order valence-electron chi connectivity index (χ3n) is 2.91. The normalized spacial score (nSPS) is 10.9. The fourth-order valence-corrected chi connectivity index (χ4v) is 1.85. The highest BCUT2D eigenvalue weighted by Gasteiger charge is 2.20. The highest BCUT2D eigenvalue weighted by molar-refractivity contribution is 5.97. The van der Waals surface area contributed by atoms with E-state index in [2.05, 4.69) is 14.8 Å². The minimum absolute atomic E-state index is 0.221. The molecule has 0 aromatic carbocycles. The average Bonchev–Trinajstić information content (AvgIpc) is 2.94. The summed E-state index contributed by atoms with van der Waals surface area (Å²) >= 11 is 0. The number of carbonyl (C=O) groups is 2. The Morgan fingerprint density at radius 3 is 2.36 bits per heavy atom. The van der Waals surface area contributed by atoms with Crippen LogP contribution in [0.15, 0.2) is 18.6 Å². The predicted molar refractivity (Wildman–Crippen MR) is 78.4 cm³/mol. The van der Waals surface area contributed by atoms with Crippen molar-refractivity contribution in [1.82, 2.24) is 19.5 Å². The maximum absolute atomic E-state index is 11.9. The summed E-state index contributed by atoms with van der Waals surface area (Å²) in [6.07, 6.45) is 6.14. The van der Waals surface area contributed by atoms with Crippen LogP contribution in [0, 0.1) is 0 Å². The van der Waals surface area contributed by atoms with E-state index < -0.39 is 11.9 Å². The maximum Gasteiger partial charge on any atom is 0.343 e. The average molecular weight is 304 g/mol. The lowest BCUT2D eigenvalue weighted by molar-refractivity contribution is 0.0593. The summed E-state index contributed by atoms with van der Waals surface area (Å²) in [5, 5.41) is 4.12. The maximum atomic E-state index is 11.9. The van der Waals surface area contributed by atoms with Gasteiger partial charge in [0.2, 0.25) is 0 Å². The molecule has 2 aromatic heterocycles. The fraction of sp³-hybridized carbons (Fsp3) is 0.286. The Hall–Kier alpha value is -2.90. The van der Waals surface area contributed by atoms with Crippen LogP contribution in [0.5, 0.6) is 0 Å². The summed E-state index contributed by atoms with van der Waals surface area (Å²) in [6, 6.07) is 0. The molecule has 0 N–H and O–H groups in total. The molecular formula is C14H16N4O4. The predicted octanol–water partition coefficient (Wildman–Crippen LogP) is 0.835. The number of carbonyl (C=O) groups excluding carboxylic acids is 2. The molecule has 8 nitrogen and oxygen atoms in total. The Morgan fingerprint density at radius 2 is 1.77 bits per heavy atom. The van der Waals surface area contributed by atoms with Crippen molar-refractivity contribution in [3.63, 3.8) is 0 Å². The Morgan fingerprint density at radius 1 is 1.14 bits per heavy atom. The van der Waals surface area contributed by atoms with Gasteiger partial charge in [-0.05, 0) is 6.08 Å². The van der Waals surface area contributed by atoms with Gasteiger partial charge in [-0.2, -0.15) is 5.10 Å². The topological polar surface area (TPSA) is 86.0 Å². The van der Waals surface area contributed by atoms with E-state index in [4.69, 9.17) is 4.74 Å². The molecule has 116 valence electrons. The van der Waals surface area contributed by atoms with E-state index >= 15 is 0 Å². The van der Waals surface area contributed by atoms with Gasteiger partial charge in [-0.15, -0.1) is 0 Å². The highest BCUT2D eigenvalue weighted by Crippen LogP contribution is 2.17. The van der Waals surface area contributed by atoms with Crippen molar-refractivity contribution in [2.45, 2.75) is 0 Å². The third kappa shape index (κ3) is 2.76. The van der Waals surface area contributed by atoms with Crippen LogP contribution < -0.4 is 0 Å². The Bertz CT molecular complexity index is 749. The number of fused-ring (bicyclic) bond motifs is 1. The molecule has 2 aromatic rings. The van der Waals surface area contributed by atoms with Crippen LogP contribution in [-0.4, -0.2) is 59.8 Å². The van der Waals surface area contributed by atoms with Gasteiger partial charge in [0.1, 0.15) is 11.1 Å². The minimum Gasteiger partial charge on any atom is -0.465 e. The van der Waals surface area contributed by atoms with Gasteiger partial charge in [0.25, 0.3) is 0 Å². The lowest BCUT2D eigenvalue weighted by Gasteiger charge is -2.08. The first-order chi connectivity index (χ1) is 10.5. The van der Waals surface area contributed by atoms with Gasteiger partial charge in [-0.25, -0.2) is 19.1 Å². The first kappa shape index (κ1) is 15.5. The summed E-state index contributed by atoms with van der Waals surface area (Å²) in [7, 11) is 6.25. The Balaban J connectivity index is 2.70. The minimum atomic E-state index is -0.546. The molecule has 0 unspecified atom stereocenters. The molecule has 8 heteroatoms. The number of hydrogen-bond donors (Lipinski definition) is 0. The van der Waals surface area contributed by atoms with Crippen LogP contribution in [0.4, 0.5) is 0 Å². The molecule has 0 amide bonds. The molecule has 0 aliphatic heterocycles. The number of esters is 2. The van der Waals surface area contributed by atoms with E-state index in [-0.39, 0.29) is 11.1 Å². The first-order valence-corrected chi connectivity index (χ1v) is 6.37. The summed E-state index contributed by atoms with van der Waals surface area (Å²) in [5.41, 5.74) is 1.23. The first-order valence-electron chi connectivity index (χ1n) is 6.37. The summed E-state index contributed by atoms with van der Waals surface area (Å²) in [4.78, 5) is 29.5. The van der Waals surface area contributed by atoms with E-state index in [9.17, 15) is 9.59 Å². The molecule has 2 rings (SSSR count). The van der Waals surface area contributed by atoms with Gasteiger partial charge in [-0.3, -0.25) is 0 Å². The zero-order valence-corrected chi connectivity index (χ0v) is 12.7. The molecule has 0 saturated carbocycles. The van der Waals surface area contributed by atoms with Crippen LogP contribution in [0.2, 0.25) is 0 Å². The number of methoxy groups -OCH3 is 2. The van der Waals surface area contributed by atoms with Gasteiger partial charge in [0.15, 0.2) is 5.65 Å². The smallest absolute Gasteiger partial charge is 0.343 e. The summed E-state index contributed by atoms with van der Waals surface area (Å²) < 4.78 is 10.8. The molecule has 0 saturated heterocycles. The molecule has 2 heterocycles. The second-order valence-corrected chi connectivity index (χ2v) is 4.61. The second-order valence-electron chi connectivity index (χ2n) is 4.61. The molecule has 0 radical (unpaired) electrons. The van der Waals surface area contributed by atoms with Gasteiger partial charge in [0.05, 0.1) is 26.1 Å². The Kier molecular flexibility index (Phi) is 4.40. The standard InChI is InChI=1S/C14H16N4O4/c1-17(2)6-5-11-9(13(19)21-3)7-15-12-10(14(20)22-4)8-16-18(11)12/h5-8H,1-4H3/b6-5+. The van der Waals surface area contributed by atoms with Crippen molar-refractivity contribution in [3.05, 3.63) is 35.4 Å². The van der Waals surface area contributed by atoms with Gasteiger partial charge >= 0.3 is 11.9 Å². The van der Waals surface area contributed by atoms with Crippen LogP contribution in [0.3, 0.4) is 0 Å². The van der Waals surface area contributed by atoms with Crippen molar-refractivity contribution in [2.24, 2.45) is 0 Å². The second kappa shape index (κ2) is 6.25. The van der Waals surface area contributed by atoms with E-state index in [0.29, 0.717) is 11.3 Å². The van der Waals surface area contributed by atoms with E-state index in [1.165, 1.54) is 31.1 Å². The summed E-state index contributed by atoms with van der Waals surface area (Å²) in [5.74, 6) is -1.08. The number of aromatic nitrogens is 3. The van der Waals surface area contributed by atoms with E-state index in [1.807, 2.05) is 14.1 Å². The van der Waals surface area contributed by atoms with Crippen molar-refractivity contribution in [1.29, 1.82) is 0 Å². The van der Waals surface area contributed by atoms with Gasteiger partial charge in [-0.1, -0.05) is 0 Å². The largest absolute Gasteiger partial charge is 0.465 e. The number of ether oxygens (including phenoxy) is 2. The van der Waals surface area contributed by atoms with E-state index in [1.54, 1.807) is 17.2 Å². The fourth-order valence-electron chi connectivity index (χ4n) is 1.85. The SMILES string of the molecule is COC(=O)c1cnc2c(C(=O)OC)cnn2c1/C=C/N(C)C. The molecule has 0 bridgehead atoms. The monoisotopic (exact) mass is 304 g/mol. The molecule has 0 spiro atoms. The molecule has 0 aliphatic rings. The number of hydrogen-bond acceptors (Lipinski definition) is 7. The highest BCUT2D eigenvalue weighted by atomic mass is 16.5. The van der Waals surface area contributed by atoms with Crippen molar-refractivity contribution >= 4 is 23.7 Å². The Labute approximate surface area is 126 Å². The molecule has 0 fully saturated rings. The molecule has 0 aliphatic carbocycles. The van der Waals surface area contributed by atoms with Crippen molar-refractivity contribution < 1.29 is 19.1 Å². The number of nitrogens with zero attached hydrogens (tertiary/aromatic N) is 4. The zero-order valence-electron chi connectivity index (χ0n) is 12.7. The van der Waals surface area contributed by atoms with Crippen LogP contribution >= 0.6 is 0 Å². The molecule has 22 heavy (non-hydrogen) atoms. The molecule has 0 atom stereocenters. The number of rotatable bonds is 4. The quantitative estimate of drug-likeness (QED) is 0.773.